The normalized spacial score (nSPS) is 30.1. The van der Waals surface area contributed by atoms with Crippen molar-refractivity contribution >= 4 is 21.9 Å². The Morgan fingerprint density at radius 1 is 1.25 bits per heavy atom. The minimum absolute atomic E-state index is 0.299. The Hall–Kier alpha value is -0.870. The van der Waals surface area contributed by atoms with Gasteiger partial charge in [0.1, 0.15) is 6.04 Å². The Morgan fingerprint density at radius 3 is 2.65 bits per heavy atom. The van der Waals surface area contributed by atoms with Gasteiger partial charge in [-0.15, -0.1) is 0 Å². The highest BCUT2D eigenvalue weighted by atomic mass is 79.9. The predicted octanol–water partition coefficient (Wildman–Crippen LogP) is 3.67. The first-order valence-corrected chi connectivity index (χ1v) is 8.17. The van der Waals surface area contributed by atoms with E-state index >= 15 is 0 Å². The molecule has 3 atom stereocenters. The van der Waals surface area contributed by atoms with Crippen LogP contribution in [0.1, 0.15) is 37.7 Å². The summed E-state index contributed by atoms with van der Waals surface area (Å²) < 4.78 is 1.06. The standard InChI is InChI=1S/C16H20BrNO2/c17-13-7-5-11(6-8-13)10-18-14-4-2-1-3-12(14)9-15(18)16(19)20/h5-8,12,14-15H,1-4,9-10H2,(H,19,20). The molecule has 2 fully saturated rings. The lowest BCUT2D eigenvalue weighted by molar-refractivity contribution is -0.142. The molecule has 0 amide bonds. The summed E-state index contributed by atoms with van der Waals surface area (Å²) in [5, 5.41) is 9.50. The summed E-state index contributed by atoms with van der Waals surface area (Å²) in [7, 11) is 0. The van der Waals surface area contributed by atoms with Crippen LogP contribution in [0.4, 0.5) is 0 Å². The molecule has 2 aliphatic rings. The third-order valence-corrected chi connectivity index (χ3v) is 5.31. The third kappa shape index (κ3) is 2.77. The molecule has 0 spiro atoms. The van der Waals surface area contributed by atoms with E-state index in [0.717, 1.165) is 23.9 Å². The van der Waals surface area contributed by atoms with Crippen molar-refractivity contribution in [2.24, 2.45) is 5.92 Å². The molecule has 1 aliphatic heterocycles. The van der Waals surface area contributed by atoms with Crippen molar-refractivity contribution in [1.29, 1.82) is 0 Å². The van der Waals surface area contributed by atoms with Crippen molar-refractivity contribution in [3.63, 3.8) is 0 Å². The van der Waals surface area contributed by atoms with Crippen LogP contribution in [0, 0.1) is 5.92 Å². The van der Waals surface area contributed by atoms with Crippen LogP contribution in [-0.2, 0) is 11.3 Å². The minimum atomic E-state index is -0.656. The van der Waals surface area contributed by atoms with Crippen molar-refractivity contribution in [3.8, 4) is 0 Å². The number of fused-ring (bicyclic) bond motifs is 1. The van der Waals surface area contributed by atoms with E-state index in [1.54, 1.807) is 0 Å². The Labute approximate surface area is 128 Å². The van der Waals surface area contributed by atoms with Crippen LogP contribution in [0.3, 0.4) is 0 Å². The number of rotatable bonds is 3. The summed E-state index contributed by atoms with van der Waals surface area (Å²) in [5.74, 6) is -0.0724. The van der Waals surface area contributed by atoms with Crippen LogP contribution in [0.2, 0.25) is 0 Å². The first kappa shape index (κ1) is 14.1. The summed E-state index contributed by atoms with van der Waals surface area (Å²) in [6, 6.07) is 8.39. The third-order valence-electron chi connectivity index (χ3n) is 4.78. The Bertz CT molecular complexity index is 488. The summed E-state index contributed by atoms with van der Waals surface area (Å²) in [4.78, 5) is 13.8. The van der Waals surface area contributed by atoms with E-state index in [2.05, 4.69) is 33.0 Å². The second-order valence-electron chi connectivity index (χ2n) is 6.00. The van der Waals surface area contributed by atoms with E-state index in [4.69, 9.17) is 0 Å². The van der Waals surface area contributed by atoms with E-state index < -0.39 is 5.97 Å². The molecule has 1 aromatic rings. The van der Waals surface area contributed by atoms with Gasteiger partial charge in [-0.05, 0) is 42.9 Å². The van der Waals surface area contributed by atoms with Crippen molar-refractivity contribution in [1.82, 2.24) is 4.90 Å². The van der Waals surface area contributed by atoms with Crippen LogP contribution in [0.5, 0.6) is 0 Å². The zero-order chi connectivity index (χ0) is 14.1. The molecule has 3 rings (SSSR count). The van der Waals surface area contributed by atoms with Gasteiger partial charge < -0.3 is 5.11 Å². The fraction of sp³-hybridized carbons (Fsp3) is 0.562. The quantitative estimate of drug-likeness (QED) is 0.914. The fourth-order valence-corrected chi connectivity index (χ4v) is 4.09. The summed E-state index contributed by atoms with van der Waals surface area (Å²) in [6.45, 7) is 0.755. The number of halogens is 1. The number of hydrogen-bond acceptors (Lipinski definition) is 2. The average molecular weight is 338 g/mol. The highest BCUT2D eigenvalue weighted by Crippen LogP contribution is 2.40. The second kappa shape index (κ2) is 5.86. The summed E-state index contributed by atoms with van der Waals surface area (Å²) in [6.07, 6.45) is 5.69. The van der Waals surface area contributed by atoms with Crippen LogP contribution in [0.25, 0.3) is 0 Å². The molecule has 0 aromatic heterocycles. The minimum Gasteiger partial charge on any atom is -0.480 e. The number of nitrogens with zero attached hydrogens (tertiary/aromatic N) is 1. The van der Waals surface area contributed by atoms with Gasteiger partial charge >= 0.3 is 5.97 Å². The number of carboxylic acids is 1. The van der Waals surface area contributed by atoms with Gasteiger partial charge in [0.15, 0.2) is 0 Å². The molecule has 1 aromatic carbocycles. The van der Waals surface area contributed by atoms with Gasteiger partial charge in [-0.3, -0.25) is 9.69 Å². The molecule has 1 saturated heterocycles. The maximum absolute atomic E-state index is 11.6. The molecule has 1 aliphatic carbocycles. The predicted molar refractivity (Wildman–Crippen MR) is 81.5 cm³/mol. The smallest absolute Gasteiger partial charge is 0.320 e. The number of benzene rings is 1. The van der Waals surface area contributed by atoms with E-state index in [0.29, 0.717) is 12.0 Å². The average Bonchev–Trinajstić information content (AvgIpc) is 2.81. The topological polar surface area (TPSA) is 40.5 Å². The monoisotopic (exact) mass is 337 g/mol. The Balaban J connectivity index is 1.80. The number of carbonyl (C=O) groups is 1. The van der Waals surface area contributed by atoms with E-state index in [9.17, 15) is 9.90 Å². The van der Waals surface area contributed by atoms with E-state index in [1.165, 1.54) is 24.8 Å². The SMILES string of the molecule is O=C(O)C1CC2CCCCC2N1Cc1ccc(Br)cc1. The van der Waals surface area contributed by atoms with Gasteiger partial charge in [-0.25, -0.2) is 0 Å². The molecule has 1 heterocycles. The summed E-state index contributed by atoms with van der Waals surface area (Å²) >= 11 is 3.44. The zero-order valence-corrected chi connectivity index (χ0v) is 13.1. The van der Waals surface area contributed by atoms with Crippen molar-refractivity contribution in [2.75, 3.05) is 0 Å². The molecule has 3 nitrogen and oxygen atoms in total. The maximum Gasteiger partial charge on any atom is 0.320 e. The first-order chi connectivity index (χ1) is 9.65. The van der Waals surface area contributed by atoms with Crippen molar-refractivity contribution < 1.29 is 9.90 Å². The Morgan fingerprint density at radius 2 is 1.95 bits per heavy atom. The zero-order valence-electron chi connectivity index (χ0n) is 11.5. The van der Waals surface area contributed by atoms with Gasteiger partial charge in [0, 0.05) is 17.1 Å². The van der Waals surface area contributed by atoms with Gasteiger partial charge in [0.2, 0.25) is 0 Å². The maximum atomic E-state index is 11.6. The van der Waals surface area contributed by atoms with Gasteiger partial charge in [0.05, 0.1) is 0 Å². The number of carboxylic acid groups (broad SMARTS) is 1. The largest absolute Gasteiger partial charge is 0.480 e. The van der Waals surface area contributed by atoms with Gasteiger partial charge in [-0.1, -0.05) is 40.9 Å². The van der Waals surface area contributed by atoms with Crippen molar-refractivity contribution in [3.05, 3.63) is 34.3 Å². The highest BCUT2D eigenvalue weighted by Gasteiger charge is 2.44. The second-order valence-corrected chi connectivity index (χ2v) is 6.92. The van der Waals surface area contributed by atoms with Gasteiger partial charge in [0.25, 0.3) is 0 Å². The van der Waals surface area contributed by atoms with Crippen LogP contribution in [0.15, 0.2) is 28.7 Å². The number of hydrogen-bond donors (Lipinski definition) is 1. The molecule has 1 N–H and O–H groups in total. The van der Waals surface area contributed by atoms with E-state index in [1.807, 2.05) is 12.1 Å². The van der Waals surface area contributed by atoms with Crippen molar-refractivity contribution in [2.45, 2.75) is 50.7 Å². The molecule has 20 heavy (non-hydrogen) atoms. The molecule has 108 valence electrons. The van der Waals surface area contributed by atoms with Crippen LogP contribution in [-0.4, -0.2) is 28.1 Å². The number of aliphatic carboxylic acids is 1. The molecule has 4 heteroatoms. The molecule has 0 radical (unpaired) electrons. The molecule has 0 bridgehead atoms. The fourth-order valence-electron chi connectivity index (χ4n) is 3.82. The molecule has 1 saturated carbocycles. The van der Waals surface area contributed by atoms with Gasteiger partial charge in [-0.2, -0.15) is 0 Å². The molecule has 3 unspecified atom stereocenters. The molecular formula is C16H20BrNO2. The highest BCUT2D eigenvalue weighted by molar-refractivity contribution is 9.10. The number of likely N-dealkylation sites (tertiary alicyclic amines) is 1. The Kier molecular flexibility index (Phi) is 4.13. The first-order valence-electron chi connectivity index (χ1n) is 7.38. The molecular weight excluding hydrogens is 318 g/mol. The van der Waals surface area contributed by atoms with Crippen LogP contribution >= 0.6 is 15.9 Å². The lowest BCUT2D eigenvalue weighted by Crippen LogP contribution is -2.41. The van der Waals surface area contributed by atoms with Crippen LogP contribution < -0.4 is 0 Å². The van der Waals surface area contributed by atoms with E-state index in [-0.39, 0.29) is 6.04 Å². The lowest BCUT2D eigenvalue weighted by Gasteiger charge is -2.33. The summed E-state index contributed by atoms with van der Waals surface area (Å²) in [5.41, 5.74) is 1.20. The lowest BCUT2D eigenvalue weighted by atomic mass is 9.84.